The second-order valence-electron chi connectivity index (χ2n) is 5.23. The van der Waals surface area contributed by atoms with Gasteiger partial charge in [-0.3, -0.25) is 11.3 Å². The van der Waals surface area contributed by atoms with Crippen LogP contribution in [0.25, 0.3) is 0 Å². The van der Waals surface area contributed by atoms with Crippen molar-refractivity contribution < 1.29 is 13.2 Å². The summed E-state index contributed by atoms with van der Waals surface area (Å²) in [5.41, 5.74) is 2.97. The Balaban J connectivity index is 2.60. The van der Waals surface area contributed by atoms with Gasteiger partial charge >= 0.3 is 6.18 Å². The molecule has 0 heterocycles. The van der Waals surface area contributed by atoms with E-state index in [4.69, 9.17) is 5.84 Å². The first-order valence-electron chi connectivity index (χ1n) is 6.45. The van der Waals surface area contributed by atoms with Crippen molar-refractivity contribution in [3.8, 4) is 0 Å². The fraction of sp³-hybridized carbons (Fsp3) is 0.571. The Bertz CT molecular complexity index is 371. The quantitative estimate of drug-likeness (QED) is 0.615. The van der Waals surface area contributed by atoms with E-state index < -0.39 is 11.7 Å². The lowest BCUT2D eigenvalue weighted by molar-refractivity contribution is -0.137. The zero-order valence-corrected chi connectivity index (χ0v) is 11.3. The van der Waals surface area contributed by atoms with Gasteiger partial charge in [-0.15, -0.1) is 0 Å². The van der Waals surface area contributed by atoms with Crippen LogP contribution in [0.4, 0.5) is 13.2 Å². The lowest BCUT2D eigenvalue weighted by atomic mass is 9.98. The molecule has 5 heteroatoms. The molecule has 0 radical (unpaired) electrons. The molecule has 1 atom stereocenters. The molecule has 2 nitrogen and oxygen atoms in total. The van der Waals surface area contributed by atoms with E-state index in [1.54, 1.807) is 0 Å². The third kappa shape index (κ3) is 5.61. The molecule has 0 saturated carbocycles. The molecule has 1 rings (SSSR count). The minimum atomic E-state index is -4.28. The van der Waals surface area contributed by atoms with Crippen molar-refractivity contribution in [1.29, 1.82) is 0 Å². The zero-order chi connectivity index (χ0) is 14.5. The molecule has 0 amide bonds. The summed E-state index contributed by atoms with van der Waals surface area (Å²) < 4.78 is 37.3. The van der Waals surface area contributed by atoms with Crippen molar-refractivity contribution in [2.45, 2.75) is 45.3 Å². The minimum Gasteiger partial charge on any atom is -0.271 e. The number of alkyl halides is 3. The lowest BCUT2D eigenvalue weighted by Gasteiger charge is -2.17. The Kier molecular flexibility index (Phi) is 5.82. The topological polar surface area (TPSA) is 38.0 Å². The van der Waals surface area contributed by atoms with Crippen molar-refractivity contribution in [3.05, 3.63) is 35.4 Å². The van der Waals surface area contributed by atoms with Crippen LogP contribution in [0.1, 0.15) is 37.8 Å². The third-order valence-electron chi connectivity index (χ3n) is 3.09. The van der Waals surface area contributed by atoms with Crippen LogP contribution in [0.3, 0.4) is 0 Å². The van der Waals surface area contributed by atoms with E-state index in [1.165, 1.54) is 12.1 Å². The molecule has 3 N–H and O–H groups in total. The number of nitrogens with two attached hydrogens (primary N) is 1. The van der Waals surface area contributed by atoms with Crippen LogP contribution in [0.5, 0.6) is 0 Å². The number of rotatable bonds is 6. The van der Waals surface area contributed by atoms with Crippen molar-refractivity contribution in [1.82, 2.24) is 5.43 Å². The molecule has 0 aliphatic carbocycles. The highest BCUT2D eigenvalue weighted by Crippen LogP contribution is 2.29. The molecular weight excluding hydrogens is 253 g/mol. The molecule has 0 fully saturated rings. The van der Waals surface area contributed by atoms with Crippen LogP contribution >= 0.6 is 0 Å². The molecule has 1 aromatic carbocycles. The normalized spacial score (nSPS) is 13.8. The summed E-state index contributed by atoms with van der Waals surface area (Å²) in [5.74, 6) is 6.06. The number of hydrogen-bond donors (Lipinski definition) is 2. The first kappa shape index (κ1) is 16.0. The Hall–Kier alpha value is -1.07. The van der Waals surface area contributed by atoms with E-state index in [2.05, 4.69) is 19.3 Å². The number of nitrogens with one attached hydrogen (secondary N) is 1. The monoisotopic (exact) mass is 274 g/mol. The van der Waals surface area contributed by atoms with Gasteiger partial charge in [0.2, 0.25) is 0 Å². The largest absolute Gasteiger partial charge is 0.416 e. The molecule has 19 heavy (non-hydrogen) atoms. The second kappa shape index (κ2) is 6.91. The molecule has 1 unspecified atom stereocenters. The standard InChI is InChI=1S/C14H21F3N2/c1-10(2)3-8-13(19-18)9-11-4-6-12(7-5-11)14(15,16)17/h4-7,10,13,19H,3,8-9,18H2,1-2H3. The molecule has 0 saturated heterocycles. The average molecular weight is 274 g/mol. The summed E-state index contributed by atoms with van der Waals surface area (Å²) in [6, 6.07) is 5.36. The van der Waals surface area contributed by atoms with Crippen LogP contribution in [0.15, 0.2) is 24.3 Å². The van der Waals surface area contributed by atoms with E-state index in [1.807, 2.05) is 0 Å². The van der Waals surface area contributed by atoms with Crippen molar-refractivity contribution >= 4 is 0 Å². The molecule has 108 valence electrons. The van der Waals surface area contributed by atoms with Gasteiger partial charge in [0.15, 0.2) is 0 Å². The Labute approximate surface area is 112 Å². The molecule has 0 aliphatic rings. The Morgan fingerprint density at radius 2 is 1.68 bits per heavy atom. The summed E-state index contributed by atoms with van der Waals surface area (Å²) in [7, 11) is 0. The first-order chi connectivity index (χ1) is 8.82. The van der Waals surface area contributed by atoms with E-state index in [-0.39, 0.29) is 6.04 Å². The molecule has 0 aliphatic heterocycles. The Morgan fingerprint density at radius 1 is 1.11 bits per heavy atom. The Morgan fingerprint density at radius 3 is 2.11 bits per heavy atom. The van der Waals surface area contributed by atoms with Crippen molar-refractivity contribution in [2.24, 2.45) is 11.8 Å². The number of hydrazine groups is 1. The van der Waals surface area contributed by atoms with Crippen LogP contribution in [-0.4, -0.2) is 6.04 Å². The maximum Gasteiger partial charge on any atom is 0.416 e. The lowest BCUT2D eigenvalue weighted by Crippen LogP contribution is -2.37. The highest BCUT2D eigenvalue weighted by molar-refractivity contribution is 5.25. The fourth-order valence-corrected chi connectivity index (χ4v) is 1.89. The summed E-state index contributed by atoms with van der Waals surface area (Å²) in [5, 5.41) is 0. The average Bonchev–Trinajstić information content (AvgIpc) is 2.33. The maximum absolute atomic E-state index is 12.4. The molecular formula is C14H21F3N2. The van der Waals surface area contributed by atoms with Gasteiger partial charge in [-0.25, -0.2) is 0 Å². The smallest absolute Gasteiger partial charge is 0.271 e. The van der Waals surface area contributed by atoms with E-state index >= 15 is 0 Å². The SMILES string of the molecule is CC(C)CCC(Cc1ccc(C(F)(F)F)cc1)NN. The van der Waals surface area contributed by atoms with Crippen LogP contribution < -0.4 is 11.3 Å². The van der Waals surface area contributed by atoms with Crippen LogP contribution in [0, 0.1) is 5.92 Å². The highest BCUT2D eigenvalue weighted by atomic mass is 19.4. The second-order valence-corrected chi connectivity index (χ2v) is 5.23. The molecule has 0 bridgehead atoms. The number of benzene rings is 1. The summed E-state index contributed by atoms with van der Waals surface area (Å²) in [4.78, 5) is 0. The minimum absolute atomic E-state index is 0.0964. The number of halogens is 3. The van der Waals surface area contributed by atoms with Gasteiger partial charge in [-0.1, -0.05) is 26.0 Å². The van der Waals surface area contributed by atoms with Gasteiger partial charge < -0.3 is 0 Å². The molecule has 0 aromatic heterocycles. The van der Waals surface area contributed by atoms with Crippen LogP contribution in [-0.2, 0) is 12.6 Å². The van der Waals surface area contributed by atoms with E-state index in [0.29, 0.717) is 12.3 Å². The molecule has 1 aromatic rings. The zero-order valence-electron chi connectivity index (χ0n) is 11.3. The first-order valence-corrected chi connectivity index (χ1v) is 6.45. The number of hydrogen-bond acceptors (Lipinski definition) is 2. The summed E-state index contributed by atoms with van der Waals surface area (Å²) in [6.07, 6.45) is -1.69. The van der Waals surface area contributed by atoms with E-state index in [0.717, 1.165) is 30.5 Å². The molecule has 0 spiro atoms. The van der Waals surface area contributed by atoms with Gasteiger partial charge in [0.05, 0.1) is 5.56 Å². The third-order valence-corrected chi connectivity index (χ3v) is 3.09. The van der Waals surface area contributed by atoms with Gasteiger partial charge in [-0.05, 0) is 42.9 Å². The maximum atomic E-state index is 12.4. The van der Waals surface area contributed by atoms with Gasteiger partial charge in [0.25, 0.3) is 0 Å². The van der Waals surface area contributed by atoms with Crippen molar-refractivity contribution in [3.63, 3.8) is 0 Å². The summed E-state index contributed by atoms with van der Waals surface area (Å²) in [6.45, 7) is 4.26. The van der Waals surface area contributed by atoms with Gasteiger partial charge in [0.1, 0.15) is 0 Å². The van der Waals surface area contributed by atoms with Gasteiger partial charge in [0, 0.05) is 6.04 Å². The summed E-state index contributed by atoms with van der Waals surface area (Å²) >= 11 is 0. The highest BCUT2D eigenvalue weighted by Gasteiger charge is 2.29. The predicted molar refractivity (Wildman–Crippen MR) is 70.3 cm³/mol. The van der Waals surface area contributed by atoms with Crippen LogP contribution in [0.2, 0.25) is 0 Å². The predicted octanol–water partition coefficient (Wildman–Crippen LogP) is 3.52. The van der Waals surface area contributed by atoms with Crippen molar-refractivity contribution in [2.75, 3.05) is 0 Å². The van der Waals surface area contributed by atoms with Gasteiger partial charge in [-0.2, -0.15) is 13.2 Å². The fourth-order valence-electron chi connectivity index (χ4n) is 1.89. The van der Waals surface area contributed by atoms with E-state index in [9.17, 15) is 13.2 Å².